The third-order valence-corrected chi connectivity index (χ3v) is 3.77. The Kier molecular flexibility index (Phi) is 4.89. The van der Waals surface area contributed by atoms with Gasteiger partial charge in [0.25, 0.3) is 0 Å². The SMILES string of the molecule is CCC(CC)c1nc(COC)c(C(=O)O)s1. The predicted octanol–water partition coefficient (Wildman–Crippen LogP) is 2.89. The summed E-state index contributed by atoms with van der Waals surface area (Å²) in [6.07, 6.45) is 1.96. The van der Waals surface area contributed by atoms with Gasteiger partial charge in [-0.1, -0.05) is 13.8 Å². The molecule has 0 saturated carbocycles. The Hall–Kier alpha value is -0.940. The van der Waals surface area contributed by atoms with Crippen LogP contribution < -0.4 is 0 Å². The van der Waals surface area contributed by atoms with Gasteiger partial charge in [-0.15, -0.1) is 11.3 Å². The van der Waals surface area contributed by atoms with Crippen molar-refractivity contribution in [1.82, 2.24) is 4.98 Å². The molecule has 5 heteroatoms. The standard InChI is InChI=1S/C11H17NO3S/c1-4-7(5-2)10-12-8(6-15-3)9(16-10)11(13)14/h7H,4-6H2,1-3H3,(H,13,14). The molecule has 0 aliphatic heterocycles. The summed E-state index contributed by atoms with van der Waals surface area (Å²) < 4.78 is 4.96. The molecule has 90 valence electrons. The second kappa shape index (κ2) is 5.96. The molecular weight excluding hydrogens is 226 g/mol. The fourth-order valence-corrected chi connectivity index (χ4v) is 2.76. The average molecular weight is 243 g/mol. The number of ether oxygens (including phenoxy) is 1. The van der Waals surface area contributed by atoms with Crippen molar-refractivity contribution in [1.29, 1.82) is 0 Å². The number of carboxylic acid groups (broad SMARTS) is 1. The summed E-state index contributed by atoms with van der Waals surface area (Å²) >= 11 is 1.27. The average Bonchev–Trinajstić information content (AvgIpc) is 2.65. The van der Waals surface area contributed by atoms with Crippen molar-refractivity contribution in [3.8, 4) is 0 Å². The van der Waals surface area contributed by atoms with E-state index in [1.807, 2.05) is 0 Å². The Morgan fingerprint density at radius 2 is 2.12 bits per heavy atom. The minimum Gasteiger partial charge on any atom is -0.477 e. The number of hydrogen-bond donors (Lipinski definition) is 1. The molecule has 0 radical (unpaired) electrons. The number of thiazole rings is 1. The Morgan fingerprint density at radius 1 is 1.50 bits per heavy atom. The van der Waals surface area contributed by atoms with Gasteiger partial charge in [0.1, 0.15) is 4.88 Å². The van der Waals surface area contributed by atoms with Crippen LogP contribution in [0.2, 0.25) is 0 Å². The van der Waals surface area contributed by atoms with Crippen LogP contribution >= 0.6 is 11.3 Å². The quantitative estimate of drug-likeness (QED) is 0.834. The van der Waals surface area contributed by atoms with Crippen molar-refractivity contribution >= 4 is 17.3 Å². The van der Waals surface area contributed by atoms with Crippen LogP contribution in [0.5, 0.6) is 0 Å². The monoisotopic (exact) mass is 243 g/mol. The van der Waals surface area contributed by atoms with Gasteiger partial charge in [-0.25, -0.2) is 9.78 Å². The zero-order chi connectivity index (χ0) is 12.1. The Labute approximate surface area is 99.3 Å². The highest BCUT2D eigenvalue weighted by Crippen LogP contribution is 2.29. The largest absolute Gasteiger partial charge is 0.477 e. The van der Waals surface area contributed by atoms with E-state index in [2.05, 4.69) is 18.8 Å². The van der Waals surface area contributed by atoms with Gasteiger partial charge < -0.3 is 9.84 Å². The second-order valence-corrected chi connectivity index (χ2v) is 4.61. The summed E-state index contributed by atoms with van der Waals surface area (Å²) in [5.74, 6) is -0.560. The van der Waals surface area contributed by atoms with Crippen molar-refractivity contribution in [2.75, 3.05) is 7.11 Å². The van der Waals surface area contributed by atoms with Crippen LogP contribution in [0.15, 0.2) is 0 Å². The molecule has 0 atom stereocenters. The molecule has 4 nitrogen and oxygen atoms in total. The summed E-state index contributed by atoms with van der Waals surface area (Å²) in [7, 11) is 1.54. The maximum absolute atomic E-state index is 11.0. The smallest absolute Gasteiger partial charge is 0.347 e. The summed E-state index contributed by atoms with van der Waals surface area (Å²) in [6, 6.07) is 0. The van der Waals surface area contributed by atoms with Gasteiger partial charge in [0.05, 0.1) is 17.3 Å². The minimum atomic E-state index is -0.915. The fraction of sp³-hybridized carbons (Fsp3) is 0.636. The number of nitrogens with zero attached hydrogens (tertiary/aromatic N) is 1. The highest BCUT2D eigenvalue weighted by Gasteiger charge is 2.20. The number of aromatic nitrogens is 1. The summed E-state index contributed by atoms with van der Waals surface area (Å²) in [5, 5.41) is 9.96. The van der Waals surface area contributed by atoms with Crippen molar-refractivity contribution in [3.63, 3.8) is 0 Å². The molecule has 0 fully saturated rings. The van der Waals surface area contributed by atoms with Gasteiger partial charge in [0, 0.05) is 13.0 Å². The van der Waals surface area contributed by atoms with E-state index >= 15 is 0 Å². The molecule has 1 N–H and O–H groups in total. The van der Waals surface area contributed by atoms with Gasteiger partial charge in [-0.05, 0) is 12.8 Å². The lowest BCUT2D eigenvalue weighted by Gasteiger charge is -2.06. The molecular formula is C11H17NO3S. The highest BCUT2D eigenvalue weighted by molar-refractivity contribution is 7.13. The van der Waals surface area contributed by atoms with E-state index in [1.165, 1.54) is 11.3 Å². The van der Waals surface area contributed by atoms with Gasteiger partial charge in [0.15, 0.2) is 0 Å². The minimum absolute atomic E-state index is 0.262. The van der Waals surface area contributed by atoms with Crippen LogP contribution in [0.4, 0.5) is 0 Å². The summed E-state index contributed by atoms with van der Waals surface area (Å²) in [6.45, 7) is 4.44. The van der Waals surface area contributed by atoms with Gasteiger partial charge >= 0.3 is 5.97 Å². The molecule has 0 saturated heterocycles. The molecule has 0 bridgehead atoms. The zero-order valence-corrected chi connectivity index (χ0v) is 10.6. The number of methoxy groups -OCH3 is 1. The van der Waals surface area contributed by atoms with Gasteiger partial charge in [-0.2, -0.15) is 0 Å². The number of carboxylic acids is 1. The van der Waals surface area contributed by atoms with Gasteiger partial charge in [0.2, 0.25) is 0 Å². The van der Waals surface area contributed by atoms with E-state index < -0.39 is 5.97 Å². The van der Waals surface area contributed by atoms with E-state index in [-0.39, 0.29) is 6.61 Å². The van der Waals surface area contributed by atoms with E-state index in [9.17, 15) is 4.79 Å². The number of carbonyl (C=O) groups is 1. The van der Waals surface area contributed by atoms with Crippen LogP contribution in [0.25, 0.3) is 0 Å². The number of rotatable bonds is 6. The molecule has 0 amide bonds. The van der Waals surface area contributed by atoms with E-state index in [1.54, 1.807) is 7.11 Å². The molecule has 0 unspecified atom stereocenters. The van der Waals surface area contributed by atoms with Crippen LogP contribution in [0.1, 0.15) is 53.0 Å². The number of hydrogen-bond acceptors (Lipinski definition) is 4. The van der Waals surface area contributed by atoms with Crippen molar-refractivity contribution < 1.29 is 14.6 Å². The van der Waals surface area contributed by atoms with Crippen LogP contribution in [-0.2, 0) is 11.3 Å². The molecule has 0 aliphatic rings. The van der Waals surface area contributed by atoms with E-state index in [0.29, 0.717) is 16.5 Å². The molecule has 0 aliphatic carbocycles. The van der Waals surface area contributed by atoms with Crippen molar-refractivity contribution in [2.45, 2.75) is 39.2 Å². The normalized spacial score (nSPS) is 11.0. The third kappa shape index (κ3) is 2.80. The first-order valence-electron chi connectivity index (χ1n) is 5.35. The molecule has 1 aromatic rings. The van der Waals surface area contributed by atoms with Crippen LogP contribution in [-0.4, -0.2) is 23.2 Å². The first kappa shape index (κ1) is 13.1. The lowest BCUT2D eigenvalue weighted by atomic mass is 10.1. The number of aromatic carboxylic acids is 1. The first-order valence-corrected chi connectivity index (χ1v) is 6.17. The lowest BCUT2D eigenvalue weighted by molar-refractivity contribution is 0.0697. The van der Waals surface area contributed by atoms with E-state index in [4.69, 9.17) is 9.84 Å². The van der Waals surface area contributed by atoms with E-state index in [0.717, 1.165) is 17.8 Å². The highest BCUT2D eigenvalue weighted by atomic mass is 32.1. The van der Waals surface area contributed by atoms with Gasteiger partial charge in [-0.3, -0.25) is 0 Å². The van der Waals surface area contributed by atoms with Crippen LogP contribution in [0, 0.1) is 0 Å². The maximum Gasteiger partial charge on any atom is 0.347 e. The molecule has 1 aromatic heterocycles. The molecule has 1 heterocycles. The molecule has 1 rings (SSSR count). The predicted molar refractivity (Wildman–Crippen MR) is 63.1 cm³/mol. The Balaban J connectivity index is 3.04. The first-order chi connectivity index (χ1) is 7.63. The Bertz CT molecular complexity index is 358. The van der Waals surface area contributed by atoms with Crippen LogP contribution in [0.3, 0.4) is 0 Å². The maximum atomic E-state index is 11.0. The lowest BCUT2D eigenvalue weighted by Crippen LogP contribution is -2.00. The third-order valence-electron chi connectivity index (χ3n) is 2.52. The summed E-state index contributed by atoms with van der Waals surface area (Å²) in [4.78, 5) is 15.7. The summed E-state index contributed by atoms with van der Waals surface area (Å²) in [5.41, 5.74) is 0.543. The second-order valence-electron chi connectivity index (χ2n) is 3.58. The Morgan fingerprint density at radius 3 is 2.56 bits per heavy atom. The fourth-order valence-electron chi connectivity index (χ4n) is 1.58. The topological polar surface area (TPSA) is 59.4 Å². The molecule has 0 aromatic carbocycles. The zero-order valence-electron chi connectivity index (χ0n) is 9.82. The van der Waals surface area contributed by atoms with Crippen molar-refractivity contribution in [3.05, 3.63) is 15.6 Å². The molecule has 16 heavy (non-hydrogen) atoms. The van der Waals surface area contributed by atoms with Crippen molar-refractivity contribution in [2.24, 2.45) is 0 Å². The molecule has 0 spiro atoms.